The molecule has 1 heterocycles. The average molecular weight is 128 g/mol. The van der Waals surface area contributed by atoms with Crippen molar-refractivity contribution in [2.24, 2.45) is 0 Å². The number of hydrazine groups is 1. The van der Waals surface area contributed by atoms with Gasteiger partial charge in [-0.1, -0.05) is 0 Å². The fourth-order valence-electron chi connectivity index (χ4n) is 0.558. The van der Waals surface area contributed by atoms with Gasteiger partial charge in [0, 0.05) is 18.2 Å². The van der Waals surface area contributed by atoms with Crippen molar-refractivity contribution in [3.8, 4) is 0 Å². The van der Waals surface area contributed by atoms with Crippen LogP contribution in [0, 0.1) is 16.2 Å². The monoisotopic (exact) mass is 128 g/mol. The Hall–Kier alpha value is -1.10. The SMILES string of the molecule is CN1C=[C]C([N+](=O)[O-])N1. The topological polar surface area (TPSA) is 58.4 Å². The molecule has 1 unspecified atom stereocenters. The van der Waals surface area contributed by atoms with E-state index < -0.39 is 11.1 Å². The summed E-state index contributed by atoms with van der Waals surface area (Å²) in [5.74, 6) is 0. The van der Waals surface area contributed by atoms with E-state index in [2.05, 4.69) is 11.5 Å². The van der Waals surface area contributed by atoms with Gasteiger partial charge in [0.1, 0.15) is 0 Å². The van der Waals surface area contributed by atoms with Gasteiger partial charge >= 0.3 is 6.17 Å². The third-order valence-corrected chi connectivity index (χ3v) is 0.963. The Kier molecular flexibility index (Phi) is 1.35. The molecule has 0 saturated heterocycles. The highest BCUT2D eigenvalue weighted by atomic mass is 16.6. The molecule has 1 aliphatic rings. The molecule has 1 atom stereocenters. The summed E-state index contributed by atoms with van der Waals surface area (Å²) in [6.07, 6.45) is 3.12. The van der Waals surface area contributed by atoms with Crippen molar-refractivity contribution < 1.29 is 4.92 Å². The number of hydrogen-bond donors (Lipinski definition) is 1. The number of nitrogens with one attached hydrogen (secondary N) is 1. The van der Waals surface area contributed by atoms with E-state index in [0.29, 0.717) is 0 Å². The van der Waals surface area contributed by atoms with Crippen molar-refractivity contribution in [1.82, 2.24) is 10.4 Å². The molecular weight excluding hydrogens is 122 g/mol. The van der Waals surface area contributed by atoms with Crippen LogP contribution in [0.3, 0.4) is 0 Å². The van der Waals surface area contributed by atoms with Crippen LogP contribution in [0.4, 0.5) is 0 Å². The quantitative estimate of drug-likeness (QED) is 0.377. The minimum absolute atomic E-state index is 0.444. The molecule has 0 spiro atoms. The fraction of sp³-hybridized carbons (Fsp3) is 0.500. The number of hydrogen-bond acceptors (Lipinski definition) is 4. The summed E-state index contributed by atoms with van der Waals surface area (Å²) in [5, 5.41) is 11.5. The Morgan fingerprint density at radius 3 is 2.89 bits per heavy atom. The zero-order chi connectivity index (χ0) is 6.85. The minimum atomic E-state index is -0.866. The lowest BCUT2D eigenvalue weighted by molar-refractivity contribution is -0.520. The molecule has 0 bridgehead atoms. The van der Waals surface area contributed by atoms with Gasteiger partial charge in [0.2, 0.25) is 0 Å². The first-order valence-corrected chi connectivity index (χ1v) is 2.42. The van der Waals surface area contributed by atoms with Crippen molar-refractivity contribution in [3.63, 3.8) is 0 Å². The van der Waals surface area contributed by atoms with Gasteiger partial charge in [-0.25, -0.2) is 0 Å². The Morgan fingerprint density at radius 1 is 2.00 bits per heavy atom. The Labute approximate surface area is 52.1 Å². The van der Waals surface area contributed by atoms with Crippen LogP contribution in [0.25, 0.3) is 0 Å². The Balaban J connectivity index is 2.50. The summed E-state index contributed by atoms with van der Waals surface area (Å²) >= 11 is 0. The molecular formula is C4H6N3O2. The normalized spacial score (nSPS) is 25.0. The summed E-state index contributed by atoms with van der Waals surface area (Å²) in [4.78, 5) is 9.54. The molecule has 9 heavy (non-hydrogen) atoms. The largest absolute Gasteiger partial charge is 0.312 e. The summed E-state index contributed by atoms with van der Waals surface area (Å²) in [6.45, 7) is 0. The number of rotatable bonds is 1. The van der Waals surface area contributed by atoms with E-state index >= 15 is 0 Å². The van der Waals surface area contributed by atoms with Gasteiger partial charge < -0.3 is 5.01 Å². The average Bonchev–Trinajstić information content (AvgIpc) is 2.14. The highest BCUT2D eigenvalue weighted by Crippen LogP contribution is 1.96. The van der Waals surface area contributed by atoms with Crippen LogP contribution >= 0.6 is 0 Å². The van der Waals surface area contributed by atoms with Crippen LogP contribution in [0.15, 0.2) is 6.20 Å². The van der Waals surface area contributed by atoms with Crippen LogP contribution in [0.1, 0.15) is 0 Å². The molecule has 0 aromatic carbocycles. The van der Waals surface area contributed by atoms with E-state index in [1.807, 2.05) is 0 Å². The highest BCUT2D eigenvalue weighted by Gasteiger charge is 2.21. The molecule has 0 aromatic rings. The second kappa shape index (κ2) is 2.02. The third-order valence-electron chi connectivity index (χ3n) is 0.963. The van der Waals surface area contributed by atoms with E-state index in [1.54, 1.807) is 7.05 Å². The smallest absolute Gasteiger partial charge is 0.309 e. The lowest BCUT2D eigenvalue weighted by Crippen LogP contribution is -2.37. The van der Waals surface area contributed by atoms with Gasteiger partial charge in [0.15, 0.2) is 0 Å². The van der Waals surface area contributed by atoms with Crippen molar-refractivity contribution >= 4 is 0 Å². The predicted molar refractivity (Wildman–Crippen MR) is 29.5 cm³/mol. The van der Waals surface area contributed by atoms with Gasteiger partial charge in [-0.2, -0.15) is 5.43 Å². The van der Waals surface area contributed by atoms with Crippen LogP contribution in [0.5, 0.6) is 0 Å². The lowest BCUT2D eigenvalue weighted by atomic mass is 10.5. The molecule has 0 fully saturated rings. The highest BCUT2D eigenvalue weighted by molar-refractivity contribution is 4.83. The van der Waals surface area contributed by atoms with Crippen molar-refractivity contribution in [1.29, 1.82) is 0 Å². The van der Waals surface area contributed by atoms with E-state index in [4.69, 9.17) is 0 Å². The molecule has 1 aliphatic heterocycles. The van der Waals surface area contributed by atoms with Gasteiger partial charge in [-0.3, -0.25) is 10.1 Å². The second-order valence-corrected chi connectivity index (χ2v) is 1.72. The standard InChI is InChI=1S/C4H6N3O2/c1-6-3-2-4(5-6)7(8)9/h3-5H,1H3. The molecule has 0 aliphatic carbocycles. The summed E-state index contributed by atoms with van der Waals surface area (Å²) in [6, 6.07) is 0. The van der Waals surface area contributed by atoms with E-state index in [9.17, 15) is 10.1 Å². The maximum Gasteiger partial charge on any atom is 0.309 e. The molecule has 0 saturated carbocycles. The molecule has 0 aromatic heterocycles. The van der Waals surface area contributed by atoms with Crippen LogP contribution in [-0.4, -0.2) is 23.1 Å². The van der Waals surface area contributed by atoms with Gasteiger partial charge in [0.05, 0.1) is 6.08 Å². The molecule has 0 amide bonds. The summed E-state index contributed by atoms with van der Waals surface area (Å²) in [7, 11) is 1.68. The third kappa shape index (κ3) is 1.17. The van der Waals surface area contributed by atoms with Crippen molar-refractivity contribution in [2.45, 2.75) is 6.17 Å². The van der Waals surface area contributed by atoms with Crippen LogP contribution in [-0.2, 0) is 0 Å². The van der Waals surface area contributed by atoms with Gasteiger partial charge in [-0.05, 0) is 0 Å². The van der Waals surface area contributed by atoms with Crippen LogP contribution in [0.2, 0.25) is 0 Å². The zero-order valence-electron chi connectivity index (χ0n) is 4.87. The maximum atomic E-state index is 9.98. The van der Waals surface area contributed by atoms with E-state index in [1.165, 1.54) is 11.2 Å². The molecule has 49 valence electrons. The first kappa shape index (κ1) is 6.03. The number of nitrogens with zero attached hydrogens (tertiary/aromatic N) is 2. The lowest BCUT2D eigenvalue weighted by Gasteiger charge is -2.07. The zero-order valence-corrected chi connectivity index (χ0v) is 4.87. The predicted octanol–water partition coefficient (Wildman–Crippen LogP) is -0.644. The van der Waals surface area contributed by atoms with Gasteiger partial charge in [-0.15, -0.1) is 0 Å². The summed E-state index contributed by atoms with van der Waals surface area (Å²) < 4.78 is 0. The fourth-order valence-corrected chi connectivity index (χ4v) is 0.558. The Morgan fingerprint density at radius 2 is 2.67 bits per heavy atom. The maximum absolute atomic E-state index is 9.98. The Bertz CT molecular complexity index is 156. The first-order valence-electron chi connectivity index (χ1n) is 2.42. The molecule has 5 heteroatoms. The van der Waals surface area contributed by atoms with E-state index in [-0.39, 0.29) is 0 Å². The van der Waals surface area contributed by atoms with Gasteiger partial charge in [0.25, 0.3) is 0 Å². The molecule has 1 N–H and O–H groups in total. The second-order valence-electron chi connectivity index (χ2n) is 1.72. The molecule has 1 radical (unpaired) electrons. The minimum Gasteiger partial charge on any atom is -0.312 e. The molecule has 1 rings (SSSR count). The summed E-state index contributed by atoms with van der Waals surface area (Å²) in [5.41, 5.74) is 2.52. The number of nitro groups is 1. The van der Waals surface area contributed by atoms with Crippen molar-refractivity contribution in [3.05, 3.63) is 22.4 Å². The first-order chi connectivity index (χ1) is 4.20. The van der Waals surface area contributed by atoms with E-state index in [0.717, 1.165) is 0 Å². The molecule has 5 nitrogen and oxygen atoms in total. The van der Waals surface area contributed by atoms with Crippen molar-refractivity contribution in [2.75, 3.05) is 7.05 Å². The van der Waals surface area contributed by atoms with Crippen LogP contribution < -0.4 is 5.43 Å².